The molecule has 0 saturated heterocycles. The van der Waals surface area contributed by atoms with E-state index in [2.05, 4.69) is 6.92 Å². The molecule has 0 aliphatic carbocycles. The number of hydrogen-bond donors (Lipinski definition) is 2. The van der Waals surface area contributed by atoms with Crippen molar-refractivity contribution in [1.82, 2.24) is 0 Å². The Bertz CT molecular complexity index is 547. The lowest BCUT2D eigenvalue weighted by molar-refractivity contribution is 0.481. The van der Waals surface area contributed by atoms with E-state index < -0.39 is 0 Å². The van der Waals surface area contributed by atoms with Crippen molar-refractivity contribution in [2.75, 3.05) is 0 Å². The number of nitrogens with one attached hydrogen (secondary N) is 1. The summed E-state index contributed by atoms with van der Waals surface area (Å²) in [6.45, 7) is 2.11. The predicted octanol–water partition coefficient (Wildman–Crippen LogP) is 3.33. The van der Waals surface area contributed by atoms with Gasteiger partial charge in [-0.1, -0.05) is 31.2 Å². The Morgan fingerprint density at radius 2 is 1.78 bits per heavy atom. The van der Waals surface area contributed by atoms with E-state index in [0.717, 1.165) is 12.2 Å². The summed E-state index contributed by atoms with van der Waals surface area (Å²) in [6.07, 6.45) is 1.00. The Morgan fingerprint density at radius 1 is 1.11 bits per heavy atom. The number of nitrogen functional groups attached to an aromatic ring is 1. The monoisotopic (exact) mass is 240 g/mol. The van der Waals surface area contributed by atoms with Gasteiger partial charge < -0.3 is 10.5 Å². The Kier molecular flexibility index (Phi) is 3.63. The molecule has 0 unspecified atom stereocenters. The third kappa shape index (κ3) is 2.69. The zero-order valence-electron chi connectivity index (χ0n) is 10.3. The van der Waals surface area contributed by atoms with Gasteiger partial charge in [-0.2, -0.15) is 0 Å². The molecular weight excluding hydrogens is 224 g/mol. The first-order valence-electron chi connectivity index (χ1n) is 5.91. The Balaban J connectivity index is 2.25. The fourth-order valence-electron chi connectivity index (χ4n) is 1.70. The highest BCUT2D eigenvalue weighted by molar-refractivity contribution is 5.97. The summed E-state index contributed by atoms with van der Waals surface area (Å²) in [7, 11) is 0. The van der Waals surface area contributed by atoms with Crippen molar-refractivity contribution in [3.63, 3.8) is 0 Å². The highest BCUT2D eigenvalue weighted by Gasteiger charge is 2.06. The first-order chi connectivity index (χ1) is 8.70. The summed E-state index contributed by atoms with van der Waals surface area (Å²) in [5, 5.41) is 7.50. The maximum atomic E-state index is 7.50. The van der Waals surface area contributed by atoms with Crippen molar-refractivity contribution in [2.45, 2.75) is 13.3 Å². The van der Waals surface area contributed by atoms with Crippen LogP contribution in [0.1, 0.15) is 18.1 Å². The number of amidine groups is 1. The van der Waals surface area contributed by atoms with Crippen LogP contribution in [0.5, 0.6) is 11.5 Å². The van der Waals surface area contributed by atoms with E-state index in [1.165, 1.54) is 5.56 Å². The number of ether oxygens (including phenoxy) is 1. The summed E-state index contributed by atoms with van der Waals surface area (Å²) in [6, 6.07) is 15.2. The molecule has 2 aromatic rings. The molecule has 2 aromatic carbocycles. The van der Waals surface area contributed by atoms with E-state index in [0.29, 0.717) is 11.3 Å². The van der Waals surface area contributed by atoms with E-state index in [9.17, 15) is 0 Å². The largest absolute Gasteiger partial charge is 0.457 e. The molecule has 0 heterocycles. The third-order valence-electron chi connectivity index (χ3n) is 2.74. The number of rotatable bonds is 4. The third-order valence-corrected chi connectivity index (χ3v) is 2.74. The molecule has 3 heteroatoms. The highest BCUT2D eigenvalue weighted by atomic mass is 16.5. The van der Waals surface area contributed by atoms with Gasteiger partial charge in [0.05, 0.1) is 5.56 Å². The second-order valence-corrected chi connectivity index (χ2v) is 4.01. The summed E-state index contributed by atoms with van der Waals surface area (Å²) in [5.41, 5.74) is 7.39. The minimum absolute atomic E-state index is 0.00998. The maximum absolute atomic E-state index is 7.50. The van der Waals surface area contributed by atoms with Crippen LogP contribution in [0.25, 0.3) is 0 Å². The number of nitrogens with two attached hydrogens (primary N) is 1. The number of aryl methyl sites for hydroxylation is 1. The summed E-state index contributed by atoms with van der Waals surface area (Å²) < 4.78 is 5.75. The Morgan fingerprint density at radius 3 is 2.39 bits per heavy atom. The second kappa shape index (κ2) is 5.36. The van der Waals surface area contributed by atoms with Gasteiger partial charge in [-0.15, -0.1) is 0 Å². The average Bonchev–Trinajstić information content (AvgIpc) is 2.40. The molecule has 0 atom stereocenters. The zero-order chi connectivity index (χ0) is 13.0. The lowest BCUT2D eigenvalue weighted by Gasteiger charge is -2.10. The van der Waals surface area contributed by atoms with Crippen LogP contribution in [0.15, 0.2) is 48.5 Å². The number of para-hydroxylation sites is 1. The summed E-state index contributed by atoms with van der Waals surface area (Å²) in [5.74, 6) is 1.37. The maximum Gasteiger partial charge on any atom is 0.138 e. The van der Waals surface area contributed by atoms with Gasteiger partial charge in [0, 0.05) is 0 Å². The summed E-state index contributed by atoms with van der Waals surface area (Å²) in [4.78, 5) is 0. The molecule has 3 nitrogen and oxygen atoms in total. The molecule has 0 bridgehead atoms. The predicted molar refractivity (Wildman–Crippen MR) is 73.4 cm³/mol. The van der Waals surface area contributed by atoms with Crippen molar-refractivity contribution < 1.29 is 4.74 Å². The lowest BCUT2D eigenvalue weighted by atomic mass is 10.1. The quantitative estimate of drug-likeness (QED) is 0.636. The van der Waals surface area contributed by atoms with Crippen LogP contribution in [0.3, 0.4) is 0 Å². The molecule has 2 rings (SSSR count). The minimum Gasteiger partial charge on any atom is -0.457 e. The lowest BCUT2D eigenvalue weighted by Crippen LogP contribution is -2.12. The standard InChI is InChI=1S/C15H16N2O/c1-2-11-7-9-12(10-8-11)18-14-6-4-3-5-13(14)15(16)17/h3-10H,2H2,1H3,(H3,16,17). The fraction of sp³-hybridized carbons (Fsp3) is 0.133. The molecule has 0 saturated carbocycles. The smallest absolute Gasteiger partial charge is 0.138 e. The first-order valence-corrected chi connectivity index (χ1v) is 5.91. The second-order valence-electron chi connectivity index (χ2n) is 4.01. The molecule has 0 aliphatic heterocycles. The first kappa shape index (κ1) is 12.2. The van der Waals surface area contributed by atoms with Crippen LogP contribution in [-0.2, 0) is 6.42 Å². The van der Waals surface area contributed by atoms with E-state index >= 15 is 0 Å². The van der Waals surface area contributed by atoms with E-state index in [1.807, 2.05) is 42.5 Å². The van der Waals surface area contributed by atoms with Crippen LogP contribution in [0, 0.1) is 5.41 Å². The molecule has 18 heavy (non-hydrogen) atoms. The van der Waals surface area contributed by atoms with Crippen molar-refractivity contribution in [3.8, 4) is 11.5 Å². The molecule has 0 fully saturated rings. The van der Waals surface area contributed by atoms with E-state index in [-0.39, 0.29) is 5.84 Å². The topological polar surface area (TPSA) is 59.1 Å². The van der Waals surface area contributed by atoms with Gasteiger partial charge in [0.1, 0.15) is 17.3 Å². The van der Waals surface area contributed by atoms with Gasteiger partial charge in [0.2, 0.25) is 0 Å². The molecule has 3 N–H and O–H groups in total. The van der Waals surface area contributed by atoms with E-state index in [1.54, 1.807) is 6.07 Å². The van der Waals surface area contributed by atoms with Gasteiger partial charge in [-0.3, -0.25) is 5.41 Å². The van der Waals surface area contributed by atoms with Crippen molar-refractivity contribution in [3.05, 3.63) is 59.7 Å². The van der Waals surface area contributed by atoms with Crippen molar-refractivity contribution in [2.24, 2.45) is 5.73 Å². The molecular formula is C15H16N2O. The van der Waals surface area contributed by atoms with Gasteiger partial charge in [0.15, 0.2) is 0 Å². The Hall–Kier alpha value is -2.29. The van der Waals surface area contributed by atoms with Crippen LogP contribution in [-0.4, -0.2) is 5.84 Å². The average molecular weight is 240 g/mol. The fourth-order valence-corrected chi connectivity index (χ4v) is 1.70. The van der Waals surface area contributed by atoms with Crippen LogP contribution >= 0.6 is 0 Å². The molecule has 92 valence electrons. The van der Waals surface area contributed by atoms with Gasteiger partial charge in [0.25, 0.3) is 0 Å². The van der Waals surface area contributed by atoms with Crippen LogP contribution < -0.4 is 10.5 Å². The summed E-state index contributed by atoms with van der Waals surface area (Å²) >= 11 is 0. The van der Waals surface area contributed by atoms with Crippen LogP contribution in [0.4, 0.5) is 0 Å². The van der Waals surface area contributed by atoms with E-state index in [4.69, 9.17) is 15.9 Å². The molecule has 0 radical (unpaired) electrons. The van der Waals surface area contributed by atoms with Crippen molar-refractivity contribution in [1.29, 1.82) is 5.41 Å². The normalized spacial score (nSPS) is 10.1. The SMILES string of the molecule is CCc1ccc(Oc2ccccc2C(=N)N)cc1. The Labute approximate surface area is 107 Å². The molecule has 0 aromatic heterocycles. The van der Waals surface area contributed by atoms with Gasteiger partial charge in [-0.05, 0) is 36.2 Å². The molecule has 0 aliphatic rings. The highest BCUT2D eigenvalue weighted by Crippen LogP contribution is 2.25. The van der Waals surface area contributed by atoms with Gasteiger partial charge >= 0.3 is 0 Å². The molecule has 0 amide bonds. The van der Waals surface area contributed by atoms with Gasteiger partial charge in [-0.25, -0.2) is 0 Å². The number of benzene rings is 2. The number of hydrogen-bond acceptors (Lipinski definition) is 2. The van der Waals surface area contributed by atoms with Crippen molar-refractivity contribution >= 4 is 5.84 Å². The van der Waals surface area contributed by atoms with Crippen LogP contribution in [0.2, 0.25) is 0 Å². The minimum atomic E-state index is 0.00998. The zero-order valence-corrected chi connectivity index (χ0v) is 10.3. The molecule has 0 spiro atoms.